The second-order valence-electron chi connectivity index (χ2n) is 3.51. The number of carbonyl (C=O) groups excluding carboxylic acids is 1. The third kappa shape index (κ3) is 1.66. The first kappa shape index (κ1) is 9.24. The van der Waals surface area contributed by atoms with E-state index in [1.807, 2.05) is 0 Å². The summed E-state index contributed by atoms with van der Waals surface area (Å²) in [5.74, 6) is 0.803. The van der Waals surface area contributed by atoms with E-state index in [-0.39, 0.29) is 5.78 Å². The summed E-state index contributed by atoms with van der Waals surface area (Å²) in [6.07, 6.45) is 4.47. The molecule has 66 valence electrons. The van der Waals surface area contributed by atoms with E-state index in [0.29, 0.717) is 12.3 Å². The van der Waals surface area contributed by atoms with Crippen molar-refractivity contribution in [2.75, 3.05) is 0 Å². The second-order valence-corrected chi connectivity index (χ2v) is 3.51. The van der Waals surface area contributed by atoms with Gasteiger partial charge in [-0.15, -0.1) is 0 Å². The molecular weight excluding hydrogens is 148 g/mol. The highest BCUT2D eigenvalue weighted by Crippen LogP contribution is 2.28. The Kier molecular flexibility index (Phi) is 2.85. The summed E-state index contributed by atoms with van der Waals surface area (Å²) in [7, 11) is 0. The molecule has 1 unspecified atom stereocenters. The van der Waals surface area contributed by atoms with Crippen LogP contribution in [-0.4, -0.2) is 5.78 Å². The fourth-order valence-electron chi connectivity index (χ4n) is 1.82. The van der Waals surface area contributed by atoms with Gasteiger partial charge in [0.1, 0.15) is 0 Å². The van der Waals surface area contributed by atoms with Crippen molar-refractivity contribution in [2.24, 2.45) is 5.92 Å². The van der Waals surface area contributed by atoms with Crippen LogP contribution in [0.3, 0.4) is 0 Å². The topological polar surface area (TPSA) is 17.1 Å². The molecule has 0 bridgehead atoms. The van der Waals surface area contributed by atoms with Crippen molar-refractivity contribution in [1.29, 1.82) is 0 Å². The zero-order chi connectivity index (χ0) is 9.14. The number of hydrogen-bond acceptors (Lipinski definition) is 1. The summed E-state index contributed by atoms with van der Waals surface area (Å²) in [4.78, 5) is 11.5. The van der Waals surface area contributed by atoms with Crippen molar-refractivity contribution in [1.82, 2.24) is 0 Å². The Morgan fingerprint density at radius 3 is 2.75 bits per heavy atom. The van der Waals surface area contributed by atoms with Crippen molar-refractivity contribution in [3.8, 4) is 0 Å². The Labute approximate surface area is 74.2 Å². The number of hydrogen-bond donors (Lipinski definition) is 0. The lowest BCUT2D eigenvalue weighted by atomic mass is 9.83. The Bertz CT molecular complexity index is 235. The smallest absolute Gasteiger partial charge is 0.163 e. The summed E-state index contributed by atoms with van der Waals surface area (Å²) >= 11 is 0. The number of carbonyl (C=O) groups is 1. The van der Waals surface area contributed by atoms with E-state index < -0.39 is 0 Å². The molecule has 1 atom stereocenters. The van der Waals surface area contributed by atoms with Crippen LogP contribution in [0.15, 0.2) is 23.8 Å². The van der Waals surface area contributed by atoms with Crippen molar-refractivity contribution in [3.05, 3.63) is 23.8 Å². The van der Waals surface area contributed by atoms with Gasteiger partial charge in [-0.3, -0.25) is 4.79 Å². The van der Waals surface area contributed by atoms with Crippen LogP contribution in [-0.2, 0) is 4.79 Å². The summed E-state index contributed by atoms with van der Waals surface area (Å²) in [6.45, 7) is 7.91. The monoisotopic (exact) mass is 164 g/mol. The molecule has 12 heavy (non-hydrogen) atoms. The van der Waals surface area contributed by atoms with E-state index in [2.05, 4.69) is 20.4 Å². The van der Waals surface area contributed by atoms with Gasteiger partial charge < -0.3 is 0 Å². The van der Waals surface area contributed by atoms with Gasteiger partial charge in [-0.05, 0) is 18.8 Å². The average Bonchev–Trinajstić information content (AvgIpc) is 2.03. The largest absolute Gasteiger partial charge is 0.294 e. The molecule has 0 radical (unpaired) electrons. The minimum Gasteiger partial charge on any atom is -0.294 e. The molecule has 0 N–H and O–H groups in total. The van der Waals surface area contributed by atoms with Gasteiger partial charge >= 0.3 is 0 Å². The molecule has 1 rings (SSSR count). The maximum Gasteiger partial charge on any atom is 0.163 e. The summed E-state index contributed by atoms with van der Waals surface area (Å²) in [5.41, 5.74) is 2.17. The van der Waals surface area contributed by atoms with E-state index in [1.54, 1.807) is 6.08 Å². The van der Waals surface area contributed by atoms with Crippen LogP contribution in [0.25, 0.3) is 0 Å². The number of allylic oxidation sites excluding steroid dienone is 3. The highest BCUT2D eigenvalue weighted by molar-refractivity contribution is 5.99. The molecule has 0 aliphatic heterocycles. The van der Waals surface area contributed by atoms with Crippen LogP contribution in [0.5, 0.6) is 0 Å². The zero-order valence-electron chi connectivity index (χ0n) is 7.89. The normalized spacial score (nSPS) is 24.5. The predicted molar refractivity (Wildman–Crippen MR) is 50.9 cm³/mol. The fourth-order valence-corrected chi connectivity index (χ4v) is 1.82. The van der Waals surface area contributed by atoms with Crippen LogP contribution >= 0.6 is 0 Å². The Morgan fingerprint density at radius 2 is 2.25 bits per heavy atom. The lowest BCUT2D eigenvalue weighted by molar-refractivity contribution is -0.116. The third-order valence-corrected chi connectivity index (χ3v) is 2.44. The maximum absolute atomic E-state index is 11.5. The van der Waals surface area contributed by atoms with Gasteiger partial charge in [0.25, 0.3) is 0 Å². The minimum absolute atomic E-state index is 0.278. The molecule has 1 aliphatic carbocycles. The molecular formula is C11H16O. The van der Waals surface area contributed by atoms with E-state index in [9.17, 15) is 4.79 Å². The van der Waals surface area contributed by atoms with Crippen LogP contribution < -0.4 is 0 Å². The minimum atomic E-state index is 0.278. The molecule has 1 heteroatoms. The number of Topliss-reactive ketones (excluding diaryl/α,β-unsaturated/α-hetero) is 1. The highest BCUT2D eigenvalue weighted by atomic mass is 16.1. The van der Waals surface area contributed by atoms with Crippen LogP contribution in [0.4, 0.5) is 0 Å². The van der Waals surface area contributed by atoms with Gasteiger partial charge in [-0.2, -0.15) is 0 Å². The number of rotatable bonds is 2. The van der Waals surface area contributed by atoms with Gasteiger partial charge in [0.15, 0.2) is 5.78 Å². The molecule has 0 aromatic heterocycles. The van der Waals surface area contributed by atoms with E-state index in [0.717, 1.165) is 18.4 Å². The van der Waals surface area contributed by atoms with Crippen molar-refractivity contribution in [2.45, 2.75) is 33.1 Å². The molecule has 1 aliphatic rings. The van der Waals surface area contributed by atoms with Crippen LogP contribution in [0, 0.1) is 5.92 Å². The molecule has 0 saturated carbocycles. The summed E-state index contributed by atoms with van der Waals surface area (Å²) < 4.78 is 0. The third-order valence-electron chi connectivity index (χ3n) is 2.44. The molecule has 0 aromatic rings. The first-order valence-corrected chi connectivity index (χ1v) is 4.56. The summed E-state index contributed by atoms with van der Waals surface area (Å²) in [6, 6.07) is 0. The van der Waals surface area contributed by atoms with Gasteiger partial charge in [-0.25, -0.2) is 0 Å². The van der Waals surface area contributed by atoms with E-state index >= 15 is 0 Å². The molecule has 0 fully saturated rings. The summed E-state index contributed by atoms with van der Waals surface area (Å²) in [5, 5.41) is 0. The zero-order valence-corrected chi connectivity index (χ0v) is 7.89. The van der Waals surface area contributed by atoms with Gasteiger partial charge in [0.05, 0.1) is 0 Å². The Balaban J connectivity index is 2.97. The number of ketones is 1. The molecule has 0 amide bonds. The lowest BCUT2D eigenvalue weighted by Gasteiger charge is -2.21. The first-order valence-electron chi connectivity index (χ1n) is 4.56. The van der Waals surface area contributed by atoms with Crippen LogP contribution in [0.1, 0.15) is 33.1 Å². The van der Waals surface area contributed by atoms with Gasteiger partial charge in [0, 0.05) is 12.0 Å². The lowest BCUT2D eigenvalue weighted by Crippen LogP contribution is -2.16. The SMILES string of the molecule is C=CC1=C(CC)CC(C)CC1=O. The van der Waals surface area contributed by atoms with Gasteiger partial charge in [0.2, 0.25) is 0 Å². The predicted octanol–water partition coefficient (Wildman–Crippen LogP) is 2.88. The highest BCUT2D eigenvalue weighted by Gasteiger charge is 2.21. The molecule has 0 heterocycles. The maximum atomic E-state index is 11.5. The molecule has 0 spiro atoms. The standard InChI is InChI=1S/C11H16O/c1-4-9-6-8(3)7-11(12)10(9)5-2/h5,8H,2,4,6-7H2,1,3H3. The Hall–Kier alpha value is -0.850. The average molecular weight is 164 g/mol. The molecule has 1 nitrogen and oxygen atoms in total. The van der Waals surface area contributed by atoms with E-state index in [1.165, 1.54) is 5.57 Å². The first-order chi connectivity index (χ1) is 5.69. The molecule has 0 saturated heterocycles. The van der Waals surface area contributed by atoms with Crippen molar-refractivity contribution in [3.63, 3.8) is 0 Å². The van der Waals surface area contributed by atoms with E-state index in [4.69, 9.17) is 0 Å². The second kappa shape index (κ2) is 3.70. The van der Waals surface area contributed by atoms with Crippen LogP contribution in [0.2, 0.25) is 0 Å². The quantitative estimate of drug-likeness (QED) is 0.613. The fraction of sp³-hybridized carbons (Fsp3) is 0.545. The Morgan fingerprint density at radius 1 is 1.58 bits per heavy atom. The van der Waals surface area contributed by atoms with Crippen molar-refractivity contribution >= 4 is 5.78 Å². The van der Waals surface area contributed by atoms with Gasteiger partial charge in [-0.1, -0.05) is 32.1 Å². The van der Waals surface area contributed by atoms with Crippen molar-refractivity contribution < 1.29 is 4.79 Å². The molecule has 0 aromatic carbocycles.